The largest absolute Gasteiger partial charge is 0.507 e. The number of hydrogen-bond acceptors (Lipinski definition) is 5. The van der Waals surface area contributed by atoms with Gasteiger partial charge in [-0.1, -0.05) is 45.7 Å². The summed E-state index contributed by atoms with van der Waals surface area (Å²) in [7, 11) is 0. The van der Waals surface area contributed by atoms with Crippen molar-refractivity contribution in [2.45, 2.75) is 77.8 Å². The molecule has 0 bridgehead atoms. The van der Waals surface area contributed by atoms with Gasteiger partial charge in [-0.3, -0.25) is 9.59 Å². The summed E-state index contributed by atoms with van der Waals surface area (Å²) in [6, 6.07) is 12.3. The van der Waals surface area contributed by atoms with Crippen LogP contribution in [0.1, 0.15) is 83.0 Å². The van der Waals surface area contributed by atoms with E-state index in [9.17, 15) is 14.7 Å². The fourth-order valence-electron chi connectivity index (χ4n) is 5.35. The molecule has 1 aliphatic heterocycles. The minimum Gasteiger partial charge on any atom is -0.507 e. The molecule has 4 rings (SSSR count). The van der Waals surface area contributed by atoms with E-state index in [-0.39, 0.29) is 22.8 Å². The molecule has 6 heteroatoms. The molecule has 0 aromatic heterocycles. The predicted molar refractivity (Wildman–Crippen MR) is 140 cm³/mol. The lowest BCUT2D eigenvalue weighted by molar-refractivity contribution is -0.141. The van der Waals surface area contributed by atoms with Crippen LogP contribution in [0.3, 0.4) is 0 Å². The molecule has 36 heavy (non-hydrogen) atoms. The molecule has 1 N–H and O–H groups in total. The van der Waals surface area contributed by atoms with Gasteiger partial charge in [0.1, 0.15) is 17.3 Å². The Morgan fingerprint density at radius 2 is 1.61 bits per heavy atom. The number of carbonyl (C=O) groups is 2. The first-order valence-corrected chi connectivity index (χ1v) is 13.0. The number of nitrogens with zero attached hydrogens (tertiary/aromatic N) is 1. The van der Waals surface area contributed by atoms with Gasteiger partial charge in [-0.25, -0.2) is 0 Å². The van der Waals surface area contributed by atoms with Gasteiger partial charge in [-0.05, 0) is 68.0 Å². The number of amides is 1. The molecule has 2 fully saturated rings. The monoisotopic (exact) mass is 491 g/mol. The normalized spacial score (nSPS) is 20.2. The zero-order chi connectivity index (χ0) is 26.0. The lowest BCUT2D eigenvalue weighted by atomic mass is 9.84. The fraction of sp³-hybridized carbons (Fsp3) is 0.467. The van der Waals surface area contributed by atoms with E-state index in [2.05, 4.69) is 20.8 Å². The van der Waals surface area contributed by atoms with Gasteiger partial charge in [0.25, 0.3) is 11.7 Å². The highest BCUT2D eigenvalue weighted by Gasteiger charge is 2.49. The van der Waals surface area contributed by atoms with Crippen LogP contribution >= 0.6 is 0 Å². The number of hydrogen-bond donors (Lipinski definition) is 1. The van der Waals surface area contributed by atoms with Gasteiger partial charge >= 0.3 is 0 Å². The van der Waals surface area contributed by atoms with Crippen LogP contribution in [0.4, 0.5) is 0 Å². The average Bonchev–Trinajstić information content (AvgIpc) is 3.46. The van der Waals surface area contributed by atoms with E-state index >= 15 is 0 Å². The third kappa shape index (κ3) is 4.86. The number of ether oxygens (including phenoxy) is 2. The highest BCUT2D eigenvalue weighted by atomic mass is 16.5. The molecule has 192 valence electrons. The zero-order valence-corrected chi connectivity index (χ0v) is 22.0. The fourth-order valence-corrected chi connectivity index (χ4v) is 5.35. The average molecular weight is 492 g/mol. The highest BCUT2D eigenvalue weighted by molar-refractivity contribution is 6.46. The second-order valence-corrected chi connectivity index (χ2v) is 10.5. The maximum Gasteiger partial charge on any atom is 0.295 e. The lowest BCUT2D eigenvalue weighted by Gasteiger charge is -2.31. The van der Waals surface area contributed by atoms with E-state index in [1.165, 1.54) is 0 Å². The molecule has 6 nitrogen and oxygen atoms in total. The van der Waals surface area contributed by atoms with Crippen molar-refractivity contribution in [2.75, 3.05) is 13.2 Å². The van der Waals surface area contributed by atoms with Gasteiger partial charge < -0.3 is 19.5 Å². The second kappa shape index (κ2) is 10.4. The Labute approximate surface area is 213 Å². The summed E-state index contributed by atoms with van der Waals surface area (Å²) in [4.78, 5) is 28.5. The first kappa shape index (κ1) is 25.8. The first-order valence-electron chi connectivity index (χ1n) is 13.0. The van der Waals surface area contributed by atoms with E-state index < -0.39 is 17.7 Å². The van der Waals surface area contributed by atoms with E-state index in [1.807, 2.05) is 50.2 Å². The SMILES string of the molecule is CCOc1ccc(C2/C(=C(/O)c3ccc(OCC)c(C(C)(C)C)c3)C(=O)C(=O)N2C2CCCC2)cc1. The molecule has 1 saturated heterocycles. The van der Waals surface area contributed by atoms with Crippen molar-refractivity contribution in [1.29, 1.82) is 0 Å². The minimum atomic E-state index is -0.645. The van der Waals surface area contributed by atoms with Crippen molar-refractivity contribution in [3.8, 4) is 11.5 Å². The Morgan fingerprint density at radius 3 is 2.19 bits per heavy atom. The van der Waals surface area contributed by atoms with Crippen molar-refractivity contribution >= 4 is 17.4 Å². The summed E-state index contributed by atoms with van der Waals surface area (Å²) < 4.78 is 11.4. The standard InChI is InChI=1S/C30H37NO5/c1-6-35-22-15-12-19(13-16-22)26-25(28(33)29(34)31(26)21-10-8-9-11-21)27(32)20-14-17-24(36-7-2)23(18-20)30(3,4)5/h12-18,21,26,32H,6-11H2,1-5H3/b27-25-. The third-order valence-corrected chi connectivity index (χ3v) is 7.07. The highest BCUT2D eigenvalue weighted by Crippen LogP contribution is 2.44. The number of benzene rings is 2. The second-order valence-electron chi connectivity index (χ2n) is 10.5. The van der Waals surface area contributed by atoms with Crippen molar-refractivity contribution in [2.24, 2.45) is 0 Å². The molecule has 2 aromatic carbocycles. The summed E-state index contributed by atoms with van der Waals surface area (Å²) >= 11 is 0. The summed E-state index contributed by atoms with van der Waals surface area (Å²) in [5.74, 6) is 0.145. The van der Waals surface area contributed by atoms with Crippen LogP contribution in [0, 0.1) is 0 Å². The molecule has 1 unspecified atom stereocenters. The van der Waals surface area contributed by atoms with Crippen LogP contribution < -0.4 is 9.47 Å². The molecule has 0 spiro atoms. The van der Waals surface area contributed by atoms with Crippen LogP contribution in [-0.2, 0) is 15.0 Å². The third-order valence-electron chi connectivity index (χ3n) is 7.07. The summed E-state index contributed by atoms with van der Waals surface area (Å²) in [5.41, 5.74) is 2.11. The molecule has 1 saturated carbocycles. The Kier molecular flexibility index (Phi) is 7.43. The maximum absolute atomic E-state index is 13.4. The Morgan fingerprint density at radius 1 is 0.972 bits per heavy atom. The minimum absolute atomic E-state index is 0.0196. The zero-order valence-electron chi connectivity index (χ0n) is 22.0. The first-order chi connectivity index (χ1) is 17.2. The van der Waals surface area contributed by atoms with E-state index in [0.29, 0.717) is 18.8 Å². The smallest absolute Gasteiger partial charge is 0.295 e. The predicted octanol–water partition coefficient (Wildman–Crippen LogP) is 6.15. The number of aliphatic hydroxyl groups excluding tert-OH is 1. The summed E-state index contributed by atoms with van der Waals surface area (Å²) in [6.45, 7) is 11.2. The number of likely N-dealkylation sites (tertiary alicyclic amines) is 1. The number of carbonyl (C=O) groups excluding carboxylic acids is 2. The van der Waals surface area contributed by atoms with E-state index in [0.717, 1.165) is 48.3 Å². The molecular weight excluding hydrogens is 454 g/mol. The van der Waals surface area contributed by atoms with Crippen molar-refractivity contribution in [1.82, 2.24) is 4.90 Å². The Bertz CT molecular complexity index is 1150. The number of ketones is 1. The van der Waals surface area contributed by atoms with Gasteiger partial charge in [0.2, 0.25) is 0 Å². The van der Waals surface area contributed by atoms with Gasteiger partial charge in [-0.15, -0.1) is 0 Å². The van der Waals surface area contributed by atoms with Crippen LogP contribution in [0.5, 0.6) is 11.5 Å². The number of rotatable bonds is 7. The molecule has 2 aromatic rings. The van der Waals surface area contributed by atoms with Gasteiger partial charge in [-0.2, -0.15) is 0 Å². The number of aliphatic hydroxyl groups is 1. The Balaban J connectivity index is 1.86. The quantitative estimate of drug-likeness (QED) is 0.286. The molecule has 2 aliphatic rings. The number of Topliss-reactive ketones (excluding diaryl/α,β-unsaturated/α-hetero) is 1. The molecular formula is C30H37NO5. The molecule has 1 amide bonds. The summed E-state index contributed by atoms with van der Waals surface area (Å²) in [5, 5.41) is 11.6. The lowest BCUT2D eigenvalue weighted by Crippen LogP contribution is -2.37. The molecule has 1 atom stereocenters. The topological polar surface area (TPSA) is 76.1 Å². The van der Waals surface area contributed by atoms with Crippen molar-refractivity contribution < 1.29 is 24.2 Å². The van der Waals surface area contributed by atoms with Crippen LogP contribution in [0.2, 0.25) is 0 Å². The maximum atomic E-state index is 13.4. The molecule has 0 radical (unpaired) electrons. The van der Waals surface area contributed by atoms with Crippen LogP contribution in [-0.4, -0.2) is 41.0 Å². The van der Waals surface area contributed by atoms with Gasteiger partial charge in [0.05, 0.1) is 24.8 Å². The van der Waals surface area contributed by atoms with Crippen molar-refractivity contribution in [3.05, 3.63) is 64.7 Å². The van der Waals surface area contributed by atoms with Crippen LogP contribution in [0.25, 0.3) is 5.76 Å². The van der Waals surface area contributed by atoms with E-state index in [4.69, 9.17) is 9.47 Å². The molecule has 1 aliphatic carbocycles. The van der Waals surface area contributed by atoms with Gasteiger partial charge in [0.15, 0.2) is 0 Å². The van der Waals surface area contributed by atoms with Gasteiger partial charge in [0, 0.05) is 17.2 Å². The van der Waals surface area contributed by atoms with Crippen molar-refractivity contribution in [3.63, 3.8) is 0 Å². The Hall–Kier alpha value is -3.28. The van der Waals surface area contributed by atoms with E-state index in [1.54, 1.807) is 11.0 Å². The molecule has 1 heterocycles. The summed E-state index contributed by atoms with van der Waals surface area (Å²) in [6.07, 6.45) is 3.77. The van der Waals surface area contributed by atoms with Crippen LogP contribution in [0.15, 0.2) is 48.0 Å².